The normalized spacial score (nSPS) is 10.1. The summed E-state index contributed by atoms with van der Waals surface area (Å²) >= 11 is 0. The van der Waals surface area contributed by atoms with Crippen LogP contribution in [0, 0.1) is 0 Å². The van der Waals surface area contributed by atoms with E-state index < -0.39 is 5.97 Å². The number of carbonyl (C=O) groups is 2. The molecule has 0 aliphatic heterocycles. The van der Waals surface area contributed by atoms with Crippen LogP contribution in [0.2, 0.25) is 0 Å². The molecule has 0 rings (SSSR count). The molecule has 0 spiro atoms. The van der Waals surface area contributed by atoms with Crippen molar-refractivity contribution in [1.82, 2.24) is 10.6 Å². The first kappa shape index (κ1) is 14.9. The summed E-state index contributed by atoms with van der Waals surface area (Å²) in [6.45, 7) is 3.64. The van der Waals surface area contributed by atoms with E-state index in [0.29, 0.717) is 19.7 Å². The summed E-state index contributed by atoms with van der Waals surface area (Å²) in [5.41, 5.74) is 0. The van der Waals surface area contributed by atoms with E-state index in [9.17, 15) is 9.59 Å². The van der Waals surface area contributed by atoms with Crippen molar-refractivity contribution in [3.8, 4) is 0 Å². The predicted molar refractivity (Wildman–Crippen MR) is 59.2 cm³/mol. The second-order valence-electron chi connectivity index (χ2n) is 3.32. The lowest BCUT2D eigenvalue weighted by atomic mass is 10.4. The molecule has 0 radical (unpaired) electrons. The number of esters is 1. The van der Waals surface area contributed by atoms with Gasteiger partial charge in [0.25, 0.3) is 0 Å². The third kappa shape index (κ3) is 10.9. The zero-order valence-corrected chi connectivity index (χ0v) is 9.62. The van der Waals surface area contributed by atoms with Crippen LogP contribution in [-0.4, -0.2) is 49.8 Å². The predicted octanol–water partition coefficient (Wildman–Crippen LogP) is -0.406. The average Bonchev–Trinajstić information content (AvgIpc) is 2.23. The van der Waals surface area contributed by atoms with Crippen LogP contribution in [0.3, 0.4) is 0 Å². The van der Waals surface area contributed by atoms with Crippen molar-refractivity contribution in [3.63, 3.8) is 0 Å². The summed E-state index contributed by atoms with van der Waals surface area (Å²) in [6.07, 6.45) is 1.88. The maximum Gasteiger partial charge on any atom is 0.319 e. The highest BCUT2D eigenvalue weighted by molar-refractivity contribution is 5.71. The molecule has 0 aromatic rings. The largest absolute Gasteiger partial charge is 0.480 e. The number of hydrogen-bond donors (Lipinski definition) is 3. The molecule has 0 aliphatic carbocycles. The van der Waals surface area contributed by atoms with E-state index in [1.165, 1.54) is 0 Å². The molecule has 16 heavy (non-hydrogen) atoms. The quantitative estimate of drug-likeness (QED) is 0.351. The zero-order valence-electron chi connectivity index (χ0n) is 9.62. The van der Waals surface area contributed by atoms with Crippen molar-refractivity contribution in [2.75, 3.05) is 32.8 Å². The highest BCUT2D eigenvalue weighted by Crippen LogP contribution is 1.87. The number of rotatable bonds is 10. The van der Waals surface area contributed by atoms with Crippen LogP contribution in [0.25, 0.3) is 0 Å². The van der Waals surface area contributed by atoms with E-state index in [-0.39, 0.29) is 19.1 Å². The van der Waals surface area contributed by atoms with Gasteiger partial charge in [0.05, 0.1) is 19.7 Å². The van der Waals surface area contributed by atoms with E-state index in [4.69, 9.17) is 9.84 Å². The van der Waals surface area contributed by atoms with Gasteiger partial charge in [-0.05, 0) is 6.42 Å². The van der Waals surface area contributed by atoms with Gasteiger partial charge in [-0.25, -0.2) is 0 Å². The molecule has 0 bridgehead atoms. The minimum absolute atomic E-state index is 0.0668. The standard InChI is InChI=1S/C10H20N2O4/c1-2-3-6-16-10(15)8-12-5-4-11-7-9(13)14/h11-12H,2-8H2,1H3,(H,13,14). The Morgan fingerprint density at radius 2 is 1.81 bits per heavy atom. The Bertz CT molecular complexity index is 209. The summed E-state index contributed by atoms with van der Waals surface area (Å²) in [5.74, 6) is -1.16. The molecule has 0 heterocycles. The van der Waals surface area contributed by atoms with Crippen LogP contribution < -0.4 is 10.6 Å². The van der Waals surface area contributed by atoms with Gasteiger partial charge in [0, 0.05) is 13.1 Å². The fourth-order valence-electron chi connectivity index (χ4n) is 0.944. The molecular weight excluding hydrogens is 212 g/mol. The van der Waals surface area contributed by atoms with E-state index in [0.717, 1.165) is 12.8 Å². The van der Waals surface area contributed by atoms with E-state index in [1.54, 1.807) is 0 Å². The molecule has 94 valence electrons. The van der Waals surface area contributed by atoms with Crippen LogP contribution in [0.5, 0.6) is 0 Å². The van der Waals surface area contributed by atoms with E-state index in [2.05, 4.69) is 10.6 Å². The molecular formula is C10H20N2O4. The van der Waals surface area contributed by atoms with Crippen molar-refractivity contribution in [3.05, 3.63) is 0 Å². The third-order valence-electron chi connectivity index (χ3n) is 1.79. The highest BCUT2D eigenvalue weighted by Gasteiger charge is 2.00. The van der Waals surface area contributed by atoms with Crippen LogP contribution >= 0.6 is 0 Å². The Morgan fingerprint density at radius 3 is 2.38 bits per heavy atom. The molecule has 0 aromatic carbocycles. The second-order valence-corrected chi connectivity index (χ2v) is 3.32. The van der Waals surface area contributed by atoms with Crippen LogP contribution in [0.1, 0.15) is 19.8 Å². The van der Waals surface area contributed by atoms with Gasteiger partial charge in [-0.2, -0.15) is 0 Å². The van der Waals surface area contributed by atoms with Crippen molar-refractivity contribution in [2.24, 2.45) is 0 Å². The van der Waals surface area contributed by atoms with Gasteiger partial charge in [0.1, 0.15) is 0 Å². The van der Waals surface area contributed by atoms with Gasteiger partial charge in [0.15, 0.2) is 0 Å². The summed E-state index contributed by atoms with van der Waals surface area (Å²) in [6, 6.07) is 0. The molecule has 0 saturated carbocycles. The number of unbranched alkanes of at least 4 members (excludes halogenated alkanes) is 1. The van der Waals surface area contributed by atoms with E-state index >= 15 is 0 Å². The summed E-state index contributed by atoms with van der Waals surface area (Å²) in [4.78, 5) is 21.2. The van der Waals surface area contributed by atoms with Gasteiger partial charge in [-0.1, -0.05) is 13.3 Å². The number of nitrogens with one attached hydrogen (secondary N) is 2. The Hall–Kier alpha value is -1.14. The Kier molecular flexibility index (Phi) is 9.64. The lowest BCUT2D eigenvalue weighted by Gasteiger charge is -2.05. The van der Waals surface area contributed by atoms with Crippen LogP contribution in [0.15, 0.2) is 0 Å². The molecule has 6 nitrogen and oxygen atoms in total. The number of carboxylic acid groups (broad SMARTS) is 1. The number of carboxylic acids is 1. The average molecular weight is 232 g/mol. The van der Waals surface area contributed by atoms with Gasteiger partial charge < -0.3 is 20.5 Å². The molecule has 6 heteroatoms. The Balaban J connectivity index is 3.18. The van der Waals surface area contributed by atoms with Gasteiger partial charge in [-0.15, -0.1) is 0 Å². The minimum Gasteiger partial charge on any atom is -0.480 e. The second kappa shape index (κ2) is 10.4. The molecule has 0 aliphatic rings. The van der Waals surface area contributed by atoms with Crippen LogP contribution in [0.4, 0.5) is 0 Å². The molecule has 3 N–H and O–H groups in total. The number of hydrogen-bond acceptors (Lipinski definition) is 5. The van der Waals surface area contributed by atoms with E-state index in [1.807, 2.05) is 6.92 Å². The molecule has 0 saturated heterocycles. The highest BCUT2D eigenvalue weighted by atomic mass is 16.5. The van der Waals surface area contributed by atoms with Crippen molar-refractivity contribution < 1.29 is 19.4 Å². The Labute approximate surface area is 95.4 Å². The molecule has 0 aromatic heterocycles. The van der Waals surface area contributed by atoms with Gasteiger partial charge in [-0.3, -0.25) is 9.59 Å². The maximum absolute atomic E-state index is 11.1. The number of carbonyl (C=O) groups excluding carboxylic acids is 1. The minimum atomic E-state index is -0.890. The van der Waals surface area contributed by atoms with Crippen molar-refractivity contribution in [2.45, 2.75) is 19.8 Å². The van der Waals surface area contributed by atoms with Crippen molar-refractivity contribution in [1.29, 1.82) is 0 Å². The zero-order chi connectivity index (χ0) is 12.2. The fraction of sp³-hybridized carbons (Fsp3) is 0.800. The van der Waals surface area contributed by atoms with Gasteiger partial charge in [0.2, 0.25) is 0 Å². The number of ether oxygens (including phenoxy) is 1. The third-order valence-corrected chi connectivity index (χ3v) is 1.79. The van der Waals surface area contributed by atoms with Gasteiger partial charge >= 0.3 is 11.9 Å². The first-order valence-electron chi connectivity index (χ1n) is 5.45. The van der Waals surface area contributed by atoms with Crippen LogP contribution in [-0.2, 0) is 14.3 Å². The molecule has 0 fully saturated rings. The molecule has 0 atom stereocenters. The number of aliphatic carboxylic acids is 1. The first-order valence-corrected chi connectivity index (χ1v) is 5.45. The molecule has 0 amide bonds. The smallest absolute Gasteiger partial charge is 0.319 e. The fourth-order valence-corrected chi connectivity index (χ4v) is 0.944. The lowest BCUT2D eigenvalue weighted by molar-refractivity contribution is -0.142. The monoisotopic (exact) mass is 232 g/mol. The Morgan fingerprint density at radius 1 is 1.19 bits per heavy atom. The summed E-state index contributed by atoms with van der Waals surface area (Å²) < 4.78 is 4.91. The summed E-state index contributed by atoms with van der Waals surface area (Å²) in [7, 11) is 0. The lowest BCUT2D eigenvalue weighted by Crippen LogP contribution is -2.33. The molecule has 0 unspecified atom stereocenters. The van der Waals surface area contributed by atoms with Crippen molar-refractivity contribution >= 4 is 11.9 Å². The topological polar surface area (TPSA) is 87.7 Å². The first-order chi connectivity index (χ1) is 7.66. The summed E-state index contributed by atoms with van der Waals surface area (Å²) in [5, 5.41) is 13.9. The maximum atomic E-state index is 11.1. The SMILES string of the molecule is CCCCOC(=O)CNCCNCC(=O)O.